The standard InChI is InChI=1S/C18H18F2N4O2/c19-13-4-15(24-9-3-10(24)6-21-5-9)11-7-23(8-12(11)17(13)20)14-1-2-16(25)22-18(14)26/h4,7-10,14,21H,1-3,5-6H2,(H,22,25,26). The highest BCUT2D eigenvalue weighted by Crippen LogP contribution is 2.41. The Morgan fingerprint density at radius 1 is 1.08 bits per heavy atom. The Hall–Kier alpha value is -2.48. The van der Waals surface area contributed by atoms with E-state index in [1.54, 1.807) is 10.8 Å². The highest BCUT2D eigenvalue weighted by Gasteiger charge is 2.42. The number of aromatic nitrogens is 1. The van der Waals surface area contributed by atoms with Crippen LogP contribution in [0.15, 0.2) is 18.5 Å². The Morgan fingerprint density at radius 3 is 2.50 bits per heavy atom. The fraction of sp³-hybridized carbons (Fsp3) is 0.444. The van der Waals surface area contributed by atoms with Crippen LogP contribution in [0.3, 0.4) is 0 Å². The molecule has 2 amide bonds. The smallest absolute Gasteiger partial charge is 0.249 e. The minimum atomic E-state index is -0.904. The number of carbonyl (C=O) groups excluding carboxylic acids is 2. The van der Waals surface area contributed by atoms with Crippen molar-refractivity contribution >= 4 is 28.3 Å². The van der Waals surface area contributed by atoms with Gasteiger partial charge in [0.1, 0.15) is 6.04 Å². The van der Waals surface area contributed by atoms with E-state index in [9.17, 15) is 18.4 Å². The zero-order valence-corrected chi connectivity index (χ0v) is 14.0. The molecule has 0 aliphatic carbocycles. The Kier molecular flexibility index (Phi) is 3.34. The summed E-state index contributed by atoms with van der Waals surface area (Å²) in [6, 6.07) is 1.23. The SMILES string of the molecule is O=C1CCC(n2cc3c(N4C5CNCC4C5)cc(F)c(F)c3c2)C(=O)N1. The average molecular weight is 360 g/mol. The summed E-state index contributed by atoms with van der Waals surface area (Å²) >= 11 is 0. The first kappa shape index (κ1) is 15.7. The lowest BCUT2D eigenvalue weighted by Gasteiger charge is -2.54. The topological polar surface area (TPSA) is 66.4 Å². The molecule has 3 unspecified atom stereocenters. The average Bonchev–Trinajstić information content (AvgIpc) is 3.05. The van der Waals surface area contributed by atoms with Crippen molar-refractivity contribution in [2.45, 2.75) is 37.4 Å². The Morgan fingerprint density at radius 2 is 1.81 bits per heavy atom. The first-order valence-electron chi connectivity index (χ1n) is 8.85. The predicted octanol–water partition coefficient (Wildman–Crippen LogP) is 1.45. The summed E-state index contributed by atoms with van der Waals surface area (Å²) in [5.74, 6) is -2.50. The first-order chi connectivity index (χ1) is 12.5. The summed E-state index contributed by atoms with van der Waals surface area (Å²) < 4.78 is 30.3. The molecule has 3 fully saturated rings. The highest BCUT2D eigenvalue weighted by atomic mass is 19.2. The second-order valence-electron chi connectivity index (χ2n) is 7.30. The van der Waals surface area contributed by atoms with Gasteiger partial charge in [-0.2, -0.15) is 0 Å². The molecule has 136 valence electrons. The van der Waals surface area contributed by atoms with Crippen LogP contribution in [0.5, 0.6) is 0 Å². The minimum Gasteiger partial charge on any atom is -0.362 e. The number of nitrogens with zero attached hydrogens (tertiary/aromatic N) is 2. The van der Waals surface area contributed by atoms with Gasteiger partial charge in [-0.3, -0.25) is 14.9 Å². The number of piperidine rings is 2. The largest absolute Gasteiger partial charge is 0.362 e. The second-order valence-corrected chi connectivity index (χ2v) is 7.30. The van der Waals surface area contributed by atoms with Gasteiger partial charge in [-0.15, -0.1) is 0 Å². The first-order valence-corrected chi connectivity index (χ1v) is 8.85. The summed E-state index contributed by atoms with van der Waals surface area (Å²) in [6.07, 6.45) is 4.81. The number of anilines is 1. The lowest BCUT2D eigenvalue weighted by Crippen LogP contribution is -2.68. The van der Waals surface area contributed by atoms with Crippen LogP contribution in [0, 0.1) is 11.6 Å². The summed E-state index contributed by atoms with van der Waals surface area (Å²) in [5, 5.41) is 6.40. The number of hydrogen-bond donors (Lipinski definition) is 2. The van der Waals surface area contributed by atoms with E-state index in [0.717, 1.165) is 19.5 Å². The molecule has 1 aromatic carbocycles. The summed E-state index contributed by atoms with van der Waals surface area (Å²) in [7, 11) is 0. The lowest BCUT2D eigenvalue weighted by atomic mass is 9.87. The van der Waals surface area contributed by atoms with E-state index in [-0.39, 0.29) is 29.8 Å². The molecule has 26 heavy (non-hydrogen) atoms. The number of halogens is 2. The van der Waals surface area contributed by atoms with E-state index in [2.05, 4.69) is 15.5 Å². The number of amides is 2. The van der Waals surface area contributed by atoms with Crippen LogP contribution in [0.4, 0.5) is 14.5 Å². The number of carbonyl (C=O) groups is 2. The summed E-state index contributed by atoms with van der Waals surface area (Å²) in [4.78, 5) is 25.6. The van der Waals surface area contributed by atoms with Crippen LogP contribution >= 0.6 is 0 Å². The highest BCUT2D eigenvalue weighted by molar-refractivity contribution is 6.00. The van der Waals surface area contributed by atoms with Gasteiger partial charge in [0.15, 0.2) is 11.6 Å². The number of benzene rings is 1. The van der Waals surface area contributed by atoms with Crippen molar-refractivity contribution in [2.24, 2.45) is 0 Å². The molecule has 0 radical (unpaired) electrons. The van der Waals surface area contributed by atoms with Crippen molar-refractivity contribution in [3.8, 4) is 0 Å². The molecule has 2 aromatic rings. The molecule has 3 saturated heterocycles. The third-order valence-electron chi connectivity index (χ3n) is 5.77. The molecule has 8 heteroatoms. The maximum atomic E-state index is 14.4. The van der Waals surface area contributed by atoms with Crippen LogP contribution in [0.2, 0.25) is 0 Å². The van der Waals surface area contributed by atoms with Crippen molar-refractivity contribution in [3.05, 3.63) is 30.1 Å². The van der Waals surface area contributed by atoms with E-state index in [1.165, 1.54) is 12.3 Å². The Labute approximate surface area is 148 Å². The number of nitrogens with one attached hydrogen (secondary N) is 2. The minimum absolute atomic E-state index is 0.169. The number of rotatable bonds is 2. The molecular formula is C18H18F2N4O2. The Balaban J connectivity index is 1.61. The molecule has 0 spiro atoms. The third-order valence-corrected chi connectivity index (χ3v) is 5.77. The van der Waals surface area contributed by atoms with Gasteiger partial charge in [-0.25, -0.2) is 8.78 Å². The van der Waals surface area contributed by atoms with Crippen molar-refractivity contribution in [2.75, 3.05) is 18.0 Å². The fourth-order valence-electron chi connectivity index (χ4n) is 4.48. The lowest BCUT2D eigenvalue weighted by molar-refractivity contribution is -0.135. The van der Waals surface area contributed by atoms with Gasteiger partial charge in [0.25, 0.3) is 0 Å². The van der Waals surface area contributed by atoms with E-state index in [1.807, 2.05) is 0 Å². The van der Waals surface area contributed by atoms with Gasteiger partial charge in [-0.1, -0.05) is 0 Å². The summed E-state index contributed by atoms with van der Waals surface area (Å²) in [5.41, 5.74) is 0.674. The molecule has 5 rings (SSSR count). The number of imide groups is 1. The normalized spacial score (nSPS) is 28.2. The molecular weight excluding hydrogens is 342 g/mol. The third kappa shape index (κ3) is 2.18. The zero-order chi connectivity index (χ0) is 18.0. The van der Waals surface area contributed by atoms with Crippen LogP contribution in [0.1, 0.15) is 25.3 Å². The predicted molar refractivity (Wildman–Crippen MR) is 90.8 cm³/mol. The van der Waals surface area contributed by atoms with Crippen LogP contribution < -0.4 is 15.5 Å². The maximum Gasteiger partial charge on any atom is 0.249 e. The van der Waals surface area contributed by atoms with E-state index >= 15 is 0 Å². The molecule has 6 nitrogen and oxygen atoms in total. The molecule has 3 aliphatic heterocycles. The monoisotopic (exact) mass is 360 g/mol. The maximum absolute atomic E-state index is 14.4. The zero-order valence-electron chi connectivity index (χ0n) is 14.0. The van der Waals surface area contributed by atoms with Crippen LogP contribution in [-0.2, 0) is 9.59 Å². The Bertz CT molecular complexity index is 927. The van der Waals surface area contributed by atoms with Gasteiger partial charge >= 0.3 is 0 Å². The quantitative estimate of drug-likeness (QED) is 0.796. The molecule has 2 bridgehead atoms. The van der Waals surface area contributed by atoms with Crippen molar-refractivity contribution in [1.82, 2.24) is 15.2 Å². The van der Waals surface area contributed by atoms with E-state index < -0.39 is 23.6 Å². The fourth-order valence-corrected chi connectivity index (χ4v) is 4.48. The number of piperazine rings is 1. The van der Waals surface area contributed by atoms with Crippen LogP contribution in [-0.4, -0.2) is 41.6 Å². The van der Waals surface area contributed by atoms with Gasteiger partial charge in [0.2, 0.25) is 11.8 Å². The van der Waals surface area contributed by atoms with E-state index in [0.29, 0.717) is 17.5 Å². The van der Waals surface area contributed by atoms with Gasteiger partial charge < -0.3 is 14.8 Å². The summed E-state index contributed by atoms with van der Waals surface area (Å²) in [6.45, 7) is 1.65. The van der Waals surface area contributed by atoms with Crippen molar-refractivity contribution in [1.29, 1.82) is 0 Å². The van der Waals surface area contributed by atoms with Gasteiger partial charge in [0, 0.05) is 66.5 Å². The molecule has 1 aromatic heterocycles. The van der Waals surface area contributed by atoms with Crippen LogP contribution in [0.25, 0.3) is 10.8 Å². The molecule has 3 aliphatic rings. The number of fused-ring (bicyclic) bond motifs is 3. The molecule has 2 N–H and O–H groups in total. The number of hydrogen-bond acceptors (Lipinski definition) is 4. The van der Waals surface area contributed by atoms with E-state index in [4.69, 9.17) is 0 Å². The van der Waals surface area contributed by atoms with Crippen molar-refractivity contribution < 1.29 is 18.4 Å². The van der Waals surface area contributed by atoms with Gasteiger partial charge in [0.05, 0.1) is 0 Å². The second kappa shape index (κ2) is 5.51. The molecule has 3 atom stereocenters. The van der Waals surface area contributed by atoms with Gasteiger partial charge in [-0.05, 0) is 12.8 Å². The molecule has 4 heterocycles. The van der Waals surface area contributed by atoms with Crippen molar-refractivity contribution in [3.63, 3.8) is 0 Å². The molecule has 0 saturated carbocycles.